The quantitative estimate of drug-likeness (QED) is 0.338. The second kappa shape index (κ2) is 13.5. The number of nitrogens with one attached hydrogen (secondary N) is 1. The van der Waals surface area contributed by atoms with E-state index in [2.05, 4.69) is 5.32 Å². The summed E-state index contributed by atoms with van der Waals surface area (Å²) in [5.41, 5.74) is 0.750. The summed E-state index contributed by atoms with van der Waals surface area (Å²) in [6, 6.07) is 14.7. The molecule has 2 amide bonds. The summed E-state index contributed by atoms with van der Waals surface area (Å²) in [4.78, 5) is 27.8. The number of methoxy groups -OCH3 is 2. The van der Waals surface area contributed by atoms with Crippen LogP contribution < -0.4 is 19.1 Å². The van der Waals surface area contributed by atoms with Crippen molar-refractivity contribution in [1.82, 2.24) is 10.2 Å². The van der Waals surface area contributed by atoms with Gasteiger partial charge in [0.05, 0.1) is 24.8 Å². The van der Waals surface area contributed by atoms with Gasteiger partial charge in [-0.25, -0.2) is 12.8 Å². The molecule has 214 valence electrons. The van der Waals surface area contributed by atoms with Gasteiger partial charge in [-0.1, -0.05) is 30.7 Å². The number of likely N-dealkylation sites (N-methyl/N-ethyl adjacent to an activating group) is 1. The molecule has 0 spiro atoms. The second-order valence-electron chi connectivity index (χ2n) is 8.69. The van der Waals surface area contributed by atoms with E-state index in [-0.39, 0.29) is 29.3 Å². The Kier molecular flexibility index (Phi) is 10.4. The summed E-state index contributed by atoms with van der Waals surface area (Å²) in [5, 5.41) is 2.93. The molecule has 1 N–H and O–H groups in total. The Labute approximate surface area is 238 Å². The normalized spacial score (nSPS) is 11.8. The first-order valence-electron chi connectivity index (χ1n) is 12.3. The smallest absolute Gasteiger partial charge is 0.264 e. The van der Waals surface area contributed by atoms with Crippen LogP contribution in [-0.4, -0.2) is 59.0 Å². The minimum absolute atomic E-state index is 0.0457. The highest BCUT2D eigenvalue weighted by Crippen LogP contribution is 2.32. The van der Waals surface area contributed by atoms with Crippen LogP contribution in [-0.2, 0) is 26.2 Å². The zero-order chi connectivity index (χ0) is 29.4. The lowest BCUT2D eigenvalue weighted by atomic mass is 10.1. The molecule has 0 aliphatic rings. The molecule has 3 aromatic rings. The summed E-state index contributed by atoms with van der Waals surface area (Å²) in [6.07, 6.45) is 0.260. The van der Waals surface area contributed by atoms with E-state index < -0.39 is 40.2 Å². The average molecular weight is 592 g/mol. The third-order valence-electron chi connectivity index (χ3n) is 6.23. The van der Waals surface area contributed by atoms with Crippen LogP contribution in [0, 0.1) is 5.82 Å². The zero-order valence-electron chi connectivity index (χ0n) is 22.6. The number of anilines is 1. The molecule has 0 radical (unpaired) electrons. The molecule has 3 aromatic carbocycles. The Bertz CT molecular complexity index is 1440. The number of nitrogens with zero attached hydrogens (tertiary/aromatic N) is 2. The number of carbonyl (C=O) groups is 2. The molecule has 0 bridgehead atoms. The van der Waals surface area contributed by atoms with E-state index in [0.717, 1.165) is 4.31 Å². The molecule has 40 heavy (non-hydrogen) atoms. The molecule has 0 fully saturated rings. The van der Waals surface area contributed by atoms with Gasteiger partial charge >= 0.3 is 0 Å². The van der Waals surface area contributed by atoms with Crippen molar-refractivity contribution in [2.24, 2.45) is 0 Å². The Hall–Kier alpha value is -3.83. The average Bonchev–Trinajstić information content (AvgIpc) is 2.96. The monoisotopic (exact) mass is 591 g/mol. The van der Waals surface area contributed by atoms with Gasteiger partial charge in [-0.15, -0.1) is 0 Å². The third kappa shape index (κ3) is 7.02. The van der Waals surface area contributed by atoms with E-state index in [0.29, 0.717) is 16.3 Å². The van der Waals surface area contributed by atoms with E-state index in [1.165, 1.54) is 92.9 Å². The number of benzene rings is 3. The van der Waals surface area contributed by atoms with Crippen molar-refractivity contribution in [2.75, 3.05) is 32.1 Å². The van der Waals surface area contributed by atoms with Gasteiger partial charge in [0.15, 0.2) is 11.5 Å². The van der Waals surface area contributed by atoms with E-state index in [1.54, 1.807) is 6.92 Å². The fourth-order valence-corrected chi connectivity index (χ4v) is 5.67. The number of halogens is 2. The maximum absolute atomic E-state index is 14.0. The van der Waals surface area contributed by atoms with Crippen LogP contribution in [0.1, 0.15) is 18.9 Å². The molecular weight excluding hydrogens is 561 g/mol. The lowest BCUT2D eigenvalue weighted by molar-refractivity contribution is -0.140. The molecule has 0 saturated heterocycles. The van der Waals surface area contributed by atoms with Crippen molar-refractivity contribution in [3.05, 3.63) is 83.1 Å². The lowest BCUT2D eigenvalue weighted by Crippen LogP contribution is -2.51. The van der Waals surface area contributed by atoms with Gasteiger partial charge in [-0.05, 0) is 60.5 Å². The Morgan fingerprint density at radius 3 is 2.15 bits per heavy atom. The van der Waals surface area contributed by atoms with Crippen molar-refractivity contribution in [3.63, 3.8) is 0 Å². The summed E-state index contributed by atoms with van der Waals surface area (Å²) < 4.78 is 52.9. The first-order valence-corrected chi connectivity index (χ1v) is 14.1. The first kappa shape index (κ1) is 30.7. The standard InChI is InChI=1S/C28H31ClFN3O6S/c1-5-24(28(35)31-2)32(17-19-6-10-21(30)11-7-19)27(34)18-33(22-12-8-20(29)9-13-22)40(36,37)23-14-15-25(38-3)26(16-23)39-4/h6-16,24H,5,17-18H2,1-4H3,(H,31,35)/t24-/m1/s1. The maximum Gasteiger partial charge on any atom is 0.264 e. The second-order valence-corrected chi connectivity index (χ2v) is 11.0. The van der Waals surface area contributed by atoms with Gasteiger partial charge in [0, 0.05) is 24.7 Å². The summed E-state index contributed by atoms with van der Waals surface area (Å²) >= 11 is 6.04. The molecule has 0 heterocycles. The van der Waals surface area contributed by atoms with Crippen LogP contribution in [0.4, 0.5) is 10.1 Å². The molecular formula is C28H31ClFN3O6S. The first-order chi connectivity index (χ1) is 19.0. The topological polar surface area (TPSA) is 105 Å². The molecule has 3 rings (SSSR count). The largest absolute Gasteiger partial charge is 0.493 e. The molecule has 12 heteroatoms. The number of hydrogen-bond acceptors (Lipinski definition) is 6. The van der Waals surface area contributed by atoms with Crippen LogP contribution >= 0.6 is 11.6 Å². The fraction of sp³-hybridized carbons (Fsp3) is 0.286. The van der Waals surface area contributed by atoms with Crippen LogP contribution in [0.25, 0.3) is 0 Å². The van der Waals surface area contributed by atoms with Crippen LogP contribution in [0.15, 0.2) is 71.6 Å². The molecule has 0 aromatic heterocycles. The van der Waals surface area contributed by atoms with Crippen molar-refractivity contribution in [1.29, 1.82) is 0 Å². The number of amides is 2. The molecule has 0 aliphatic carbocycles. The number of ether oxygens (including phenoxy) is 2. The van der Waals surface area contributed by atoms with E-state index >= 15 is 0 Å². The highest BCUT2D eigenvalue weighted by atomic mass is 35.5. The lowest BCUT2D eigenvalue weighted by Gasteiger charge is -2.33. The molecule has 9 nitrogen and oxygen atoms in total. The third-order valence-corrected chi connectivity index (χ3v) is 8.26. The van der Waals surface area contributed by atoms with Crippen LogP contribution in [0.3, 0.4) is 0 Å². The number of carbonyl (C=O) groups excluding carboxylic acids is 2. The van der Waals surface area contributed by atoms with Gasteiger partial charge < -0.3 is 19.7 Å². The number of rotatable bonds is 12. The Morgan fingerprint density at radius 2 is 1.60 bits per heavy atom. The number of sulfonamides is 1. The molecule has 0 saturated carbocycles. The van der Waals surface area contributed by atoms with Gasteiger partial charge in [-0.3, -0.25) is 13.9 Å². The minimum atomic E-state index is -4.33. The predicted molar refractivity (Wildman–Crippen MR) is 151 cm³/mol. The minimum Gasteiger partial charge on any atom is -0.493 e. The van der Waals surface area contributed by atoms with E-state index in [9.17, 15) is 22.4 Å². The zero-order valence-corrected chi connectivity index (χ0v) is 24.1. The van der Waals surface area contributed by atoms with E-state index in [4.69, 9.17) is 21.1 Å². The molecule has 1 atom stereocenters. The van der Waals surface area contributed by atoms with Gasteiger partial charge in [0.25, 0.3) is 10.0 Å². The predicted octanol–water partition coefficient (Wildman–Crippen LogP) is 4.25. The van der Waals surface area contributed by atoms with Crippen LogP contribution in [0.2, 0.25) is 5.02 Å². The van der Waals surface area contributed by atoms with Crippen molar-refractivity contribution >= 4 is 39.1 Å². The van der Waals surface area contributed by atoms with Gasteiger partial charge in [-0.2, -0.15) is 0 Å². The van der Waals surface area contributed by atoms with E-state index in [1.807, 2.05) is 0 Å². The van der Waals surface area contributed by atoms with Gasteiger partial charge in [0.1, 0.15) is 18.4 Å². The molecule has 0 unspecified atom stereocenters. The highest BCUT2D eigenvalue weighted by Gasteiger charge is 2.33. The van der Waals surface area contributed by atoms with Crippen LogP contribution in [0.5, 0.6) is 11.5 Å². The Morgan fingerprint density at radius 1 is 0.975 bits per heavy atom. The highest BCUT2D eigenvalue weighted by molar-refractivity contribution is 7.92. The summed E-state index contributed by atoms with van der Waals surface area (Å²) in [7, 11) is -0.0730. The fourth-order valence-electron chi connectivity index (χ4n) is 4.11. The Balaban J connectivity index is 2.08. The summed E-state index contributed by atoms with van der Waals surface area (Å²) in [6.45, 7) is 1.06. The van der Waals surface area contributed by atoms with Crippen molar-refractivity contribution < 1.29 is 31.9 Å². The van der Waals surface area contributed by atoms with Gasteiger partial charge in [0.2, 0.25) is 11.8 Å². The van der Waals surface area contributed by atoms with Crippen molar-refractivity contribution in [3.8, 4) is 11.5 Å². The number of hydrogen-bond donors (Lipinski definition) is 1. The van der Waals surface area contributed by atoms with Crippen molar-refractivity contribution in [2.45, 2.75) is 30.8 Å². The SMILES string of the molecule is CC[C@H](C(=O)NC)N(Cc1ccc(F)cc1)C(=O)CN(c1ccc(Cl)cc1)S(=O)(=O)c1ccc(OC)c(OC)c1. The summed E-state index contributed by atoms with van der Waals surface area (Å²) in [5.74, 6) is -0.987. The molecule has 0 aliphatic heterocycles. The maximum atomic E-state index is 14.0.